The quantitative estimate of drug-likeness (QED) is 0.574. The summed E-state index contributed by atoms with van der Waals surface area (Å²) in [6.45, 7) is -2.29. The van der Waals surface area contributed by atoms with Crippen molar-refractivity contribution in [3.63, 3.8) is 0 Å². The standard InChI is InChI=1S/C15H21F2N3O3/c16-14(17)23-12-7-4-3-6-11(12)10-20-13(21)8-2-1-5-9-19-15(18)22/h3-4,6-7,14H,1-2,5,8-10H2,(H,20,21)(H3,18,19,22). The van der Waals surface area contributed by atoms with Crippen LogP contribution in [0.5, 0.6) is 5.75 Å². The van der Waals surface area contributed by atoms with Gasteiger partial charge in [-0.15, -0.1) is 0 Å². The zero-order valence-corrected chi connectivity index (χ0v) is 12.7. The van der Waals surface area contributed by atoms with Gasteiger partial charge >= 0.3 is 12.6 Å². The molecule has 0 heterocycles. The molecule has 0 spiro atoms. The average molecular weight is 329 g/mol. The maximum Gasteiger partial charge on any atom is 0.387 e. The number of benzene rings is 1. The highest BCUT2D eigenvalue weighted by atomic mass is 19.3. The Morgan fingerprint density at radius 3 is 2.57 bits per heavy atom. The van der Waals surface area contributed by atoms with Crippen molar-refractivity contribution in [2.75, 3.05) is 6.54 Å². The highest BCUT2D eigenvalue weighted by Gasteiger charge is 2.10. The van der Waals surface area contributed by atoms with Crippen LogP contribution in [0.1, 0.15) is 31.2 Å². The number of para-hydroxylation sites is 1. The molecule has 0 saturated heterocycles. The lowest BCUT2D eigenvalue weighted by atomic mass is 10.1. The van der Waals surface area contributed by atoms with Gasteiger partial charge in [-0.25, -0.2) is 4.79 Å². The minimum absolute atomic E-state index is 0.0559. The van der Waals surface area contributed by atoms with Crippen LogP contribution in [0, 0.1) is 0 Å². The number of carbonyl (C=O) groups is 2. The molecule has 0 radical (unpaired) electrons. The van der Waals surface area contributed by atoms with Crippen molar-refractivity contribution in [2.45, 2.75) is 38.8 Å². The van der Waals surface area contributed by atoms with Gasteiger partial charge in [-0.05, 0) is 18.9 Å². The second kappa shape index (κ2) is 10.4. The normalized spacial score (nSPS) is 10.4. The van der Waals surface area contributed by atoms with E-state index in [4.69, 9.17) is 5.73 Å². The van der Waals surface area contributed by atoms with Crippen LogP contribution in [0.25, 0.3) is 0 Å². The lowest BCUT2D eigenvalue weighted by molar-refractivity contribution is -0.121. The lowest BCUT2D eigenvalue weighted by Crippen LogP contribution is -2.30. The number of nitrogens with two attached hydrogens (primary N) is 1. The van der Waals surface area contributed by atoms with E-state index in [1.54, 1.807) is 18.2 Å². The van der Waals surface area contributed by atoms with Crippen molar-refractivity contribution in [1.29, 1.82) is 0 Å². The van der Waals surface area contributed by atoms with Crippen LogP contribution >= 0.6 is 0 Å². The summed E-state index contributed by atoms with van der Waals surface area (Å²) in [5, 5.41) is 5.13. The molecule has 6 nitrogen and oxygen atoms in total. The molecule has 0 aliphatic rings. The van der Waals surface area contributed by atoms with E-state index in [-0.39, 0.29) is 18.2 Å². The fourth-order valence-electron chi connectivity index (χ4n) is 1.94. The zero-order chi connectivity index (χ0) is 17.1. The third kappa shape index (κ3) is 8.60. The fourth-order valence-corrected chi connectivity index (χ4v) is 1.94. The summed E-state index contributed by atoms with van der Waals surface area (Å²) in [5.74, 6) is -0.111. The van der Waals surface area contributed by atoms with Crippen molar-refractivity contribution < 1.29 is 23.1 Å². The predicted octanol–water partition coefficient (Wildman–Crippen LogP) is 2.13. The summed E-state index contributed by atoms with van der Waals surface area (Å²) in [7, 11) is 0. The van der Waals surface area contributed by atoms with Crippen LogP contribution in [-0.2, 0) is 11.3 Å². The van der Waals surface area contributed by atoms with Crippen molar-refractivity contribution in [3.8, 4) is 5.75 Å². The number of urea groups is 1. The minimum atomic E-state index is -2.90. The molecular formula is C15H21F2N3O3. The van der Waals surface area contributed by atoms with Gasteiger partial charge in [0.1, 0.15) is 5.75 Å². The zero-order valence-electron chi connectivity index (χ0n) is 12.7. The molecule has 0 fully saturated rings. The van der Waals surface area contributed by atoms with Crippen molar-refractivity contribution in [2.24, 2.45) is 5.73 Å². The Morgan fingerprint density at radius 2 is 1.87 bits per heavy atom. The van der Waals surface area contributed by atoms with E-state index in [0.29, 0.717) is 24.9 Å². The third-order valence-corrected chi connectivity index (χ3v) is 3.04. The third-order valence-electron chi connectivity index (χ3n) is 3.04. The van der Waals surface area contributed by atoms with E-state index in [1.807, 2.05) is 0 Å². The van der Waals surface area contributed by atoms with Crippen molar-refractivity contribution >= 4 is 11.9 Å². The molecule has 0 aliphatic heterocycles. The summed E-state index contributed by atoms with van der Waals surface area (Å²) >= 11 is 0. The molecule has 1 aromatic carbocycles. The second-order valence-electron chi connectivity index (χ2n) is 4.86. The molecule has 0 bridgehead atoms. The highest BCUT2D eigenvalue weighted by molar-refractivity contribution is 5.75. The molecule has 4 N–H and O–H groups in total. The molecule has 1 rings (SSSR count). The summed E-state index contributed by atoms with van der Waals surface area (Å²) in [6.07, 6.45) is 2.51. The number of primary amides is 1. The first-order valence-corrected chi connectivity index (χ1v) is 7.31. The average Bonchev–Trinajstić information content (AvgIpc) is 2.49. The molecule has 0 aromatic heterocycles. The maximum absolute atomic E-state index is 12.3. The Bertz CT molecular complexity index is 512. The topological polar surface area (TPSA) is 93.5 Å². The SMILES string of the molecule is NC(=O)NCCCCCC(=O)NCc1ccccc1OC(F)F. The van der Waals surface area contributed by atoms with E-state index in [1.165, 1.54) is 6.07 Å². The fraction of sp³-hybridized carbons (Fsp3) is 0.467. The predicted molar refractivity (Wildman–Crippen MR) is 81.0 cm³/mol. The van der Waals surface area contributed by atoms with Gasteiger partial charge in [0.2, 0.25) is 5.91 Å². The largest absolute Gasteiger partial charge is 0.434 e. The van der Waals surface area contributed by atoms with E-state index >= 15 is 0 Å². The van der Waals surface area contributed by atoms with Gasteiger partial charge in [-0.1, -0.05) is 24.6 Å². The van der Waals surface area contributed by atoms with E-state index in [0.717, 1.165) is 12.8 Å². The Kier molecular flexibility index (Phi) is 8.41. The first-order chi connectivity index (χ1) is 11.0. The number of hydrogen-bond acceptors (Lipinski definition) is 3. The number of rotatable bonds is 10. The van der Waals surface area contributed by atoms with E-state index in [2.05, 4.69) is 15.4 Å². The molecule has 0 atom stereocenters. The number of nitrogens with one attached hydrogen (secondary N) is 2. The van der Waals surface area contributed by atoms with Crippen LogP contribution in [-0.4, -0.2) is 25.1 Å². The summed E-state index contributed by atoms with van der Waals surface area (Å²) in [5.41, 5.74) is 5.41. The Morgan fingerprint density at radius 1 is 1.13 bits per heavy atom. The van der Waals surface area contributed by atoms with E-state index < -0.39 is 12.6 Å². The molecule has 0 aliphatic carbocycles. The molecule has 8 heteroatoms. The Balaban J connectivity index is 2.24. The van der Waals surface area contributed by atoms with Crippen LogP contribution < -0.4 is 21.1 Å². The van der Waals surface area contributed by atoms with Crippen molar-refractivity contribution in [1.82, 2.24) is 10.6 Å². The molecule has 0 saturated carbocycles. The Labute approximate surface area is 133 Å². The number of alkyl halides is 2. The highest BCUT2D eigenvalue weighted by Crippen LogP contribution is 2.19. The van der Waals surface area contributed by atoms with Gasteiger partial charge in [0, 0.05) is 25.1 Å². The van der Waals surface area contributed by atoms with Crippen LogP contribution in [0.3, 0.4) is 0 Å². The number of ether oxygens (including phenoxy) is 1. The number of carbonyl (C=O) groups excluding carboxylic acids is 2. The summed E-state index contributed by atoms with van der Waals surface area (Å²) in [6, 6.07) is 5.76. The number of amides is 3. The second-order valence-corrected chi connectivity index (χ2v) is 4.86. The number of hydrogen-bond donors (Lipinski definition) is 3. The van der Waals surface area contributed by atoms with Crippen LogP contribution in [0.15, 0.2) is 24.3 Å². The lowest BCUT2D eigenvalue weighted by Gasteiger charge is -2.11. The molecule has 3 amide bonds. The van der Waals surface area contributed by atoms with Gasteiger partial charge < -0.3 is 21.1 Å². The molecular weight excluding hydrogens is 308 g/mol. The molecule has 0 unspecified atom stereocenters. The van der Waals surface area contributed by atoms with Gasteiger partial charge in [-0.2, -0.15) is 8.78 Å². The van der Waals surface area contributed by atoms with Gasteiger partial charge in [0.15, 0.2) is 0 Å². The maximum atomic E-state index is 12.3. The minimum Gasteiger partial charge on any atom is -0.434 e. The van der Waals surface area contributed by atoms with Gasteiger partial charge in [-0.3, -0.25) is 4.79 Å². The smallest absolute Gasteiger partial charge is 0.387 e. The van der Waals surface area contributed by atoms with Crippen LogP contribution in [0.4, 0.5) is 13.6 Å². The molecule has 1 aromatic rings. The van der Waals surface area contributed by atoms with E-state index in [9.17, 15) is 18.4 Å². The van der Waals surface area contributed by atoms with Gasteiger partial charge in [0.05, 0.1) is 0 Å². The number of unbranched alkanes of at least 4 members (excludes halogenated alkanes) is 2. The number of halogens is 2. The summed E-state index contributed by atoms with van der Waals surface area (Å²) < 4.78 is 28.9. The van der Waals surface area contributed by atoms with Gasteiger partial charge in [0.25, 0.3) is 0 Å². The van der Waals surface area contributed by atoms with Crippen LogP contribution in [0.2, 0.25) is 0 Å². The molecule has 128 valence electrons. The summed E-state index contributed by atoms with van der Waals surface area (Å²) in [4.78, 5) is 22.1. The molecule has 23 heavy (non-hydrogen) atoms. The van der Waals surface area contributed by atoms with Crippen molar-refractivity contribution in [3.05, 3.63) is 29.8 Å². The Hall–Kier alpha value is -2.38. The first-order valence-electron chi connectivity index (χ1n) is 7.31. The monoisotopic (exact) mass is 329 g/mol. The first kappa shape index (κ1) is 18.7.